The molecule has 0 atom stereocenters. The summed E-state index contributed by atoms with van der Waals surface area (Å²) in [5.41, 5.74) is 0.300. The zero-order valence-electron chi connectivity index (χ0n) is 9.50. The van der Waals surface area contributed by atoms with E-state index in [0.717, 1.165) is 0 Å². The molecule has 2 N–H and O–H groups in total. The maximum absolute atomic E-state index is 12.9. The molecule has 0 heterocycles. The van der Waals surface area contributed by atoms with Crippen LogP contribution < -0.4 is 9.44 Å². The molecule has 1 rings (SSSR count). The Morgan fingerprint density at radius 2 is 2.06 bits per heavy atom. The van der Waals surface area contributed by atoms with Gasteiger partial charge in [-0.25, -0.2) is 4.39 Å². The van der Waals surface area contributed by atoms with Crippen molar-refractivity contribution in [1.29, 1.82) is 0 Å². The van der Waals surface area contributed by atoms with Gasteiger partial charge in [0, 0.05) is 6.54 Å². The van der Waals surface area contributed by atoms with E-state index in [1.165, 1.54) is 18.2 Å². The molecule has 0 unspecified atom stereocenters. The predicted molar refractivity (Wildman–Crippen MR) is 69.5 cm³/mol. The SMILES string of the molecule is CC(C)CNS(=O)(=O)Nc1ccc(F)c(Br)c1. The minimum atomic E-state index is -3.60. The molecule has 0 aliphatic heterocycles. The lowest BCUT2D eigenvalue weighted by Crippen LogP contribution is -2.32. The van der Waals surface area contributed by atoms with Gasteiger partial charge < -0.3 is 0 Å². The fourth-order valence-electron chi connectivity index (χ4n) is 1.03. The molecule has 4 nitrogen and oxygen atoms in total. The molecule has 0 radical (unpaired) electrons. The quantitative estimate of drug-likeness (QED) is 0.874. The lowest BCUT2D eigenvalue weighted by molar-refractivity contribution is 0.565. The van der Waals surface area contributed by atoms with Crippen molar-refractivity contribution >= 4 is 31.8 Å². The van der Waals surface area contributed by atoms with E-state index in [9.17, 15) is 12.8 Å². The van der Waals surface area contributed by atoms with Crippen molar-refractivity contribution < 1.29 is 12.8 Å². The molecule has 7 heteroatoms. The second-order valence-electron chi connectivity index (χ2n) is 3.98. The van der Waals surface area contributed by atoms with Crippen LogP contribution in [-0.4, -0.2) is 15.0 Å². The minimum Gasteiger partial charge on any atom is -0.271 e. The summed E-state index contributed by atoms with van der Waals surface area (Å²) in [6, 6.07) is 3.91. The predicted octanol–water partition coefficient (Wildman–Crippen LogP) is 2.49. The molecule has 0 spiro atoms. The van der Waals surface area contributed by atoms with Gasteiger partial charge in [-0.3, -0.25) is 4.72 Å². The van der Waals surface area contributed by atoms with Crippen molar-refractivity contribution in [2.75, 3.05) is 11.3 Å². The second-order valence-corrected chi connectivity index (χ2v) is 6.33. The summed E-state index contributed by atoms with van der Waals surface area (Å²) in [5, 5.41) is 0. The average molecular weight is 325 g/mol. The molecule has 1 aromatic carbocycles. The summed E-state index contributed by atoms with van der Waals surface area (Å²) in [6.45, 7) is 4.14. The summed E-state index contributed by atoms with van der Waals surface area (Å²) < 4.78 is 41.0. The van der Waals surface area contributed by atoms with Gasteiger partial charge in [-0.05, 0) is 40.0 Å². The molecule has 1 aromatic rings. The monoisotopic (exact) mass is 324 g/mol. The molecule has 0 bridgehead atoms. The van der Waals surface area contributed by atoms with Gasteiger partial charge in [-0.2, -0.15) is 13.1 Å². The number of anilines is 1. The highest BCUT2D eigenvalue weighted by atomic mass is 79.9. The second kappa shape index (κ2) is 5.79. The number of benzene rings is 1. The summed E-state index contributed by atoms with van der Waals surface area (Å²) in [7, 11) is -3.60. The highest BCUT2D eigenvalue weighted by molar-refractivity contribution is 9.10. The van der Waals surface area contributed by atoms with E-state index in [4.69, 9.17) is 0 Å². The number of nitrogens with one attached hydrogen (secondary N) is 2. The Morgan fingerprint density at radius 3 is 2.59 bits per heavy atom. The van der Waals surface area contributed by atoms with Crippen LogP contribution in [0.25, 0.3) is 0 Å². The molecule has 17 heavy (non-hydrogen) atoms. The fraction of sp³-hybridized carbons (Fsp3) is 0.400. The van der Waals surface area contributed by atoms with E-state index in [1.807, 2.05) is 13.8 Å². The standard InChI is InChI=1S/C10H14BrFN2O2S/c1-7(2)6-13-17(15,16)14-8-3-4-10(12)9(11)5-8/h3-5,7,13-14H,6H2,1-2H3. The number of halogens is 2. The maximum atomic E-state index is 12.9. The third kappa shape index (κ3) is 5.01. The highest BCUT2D eigenvalue weighted by Gasteiger charge is 2.11. The van der Waals surface area contributed by atoms with Crippen molar-refractivity contribution in [3.8, 4) is 0 Å². The van der Waals surface area contributed by atoms with Crippen LogP contribution in [0.2, 0.25) is 0 Å². The normalized spacial score (nSPS) is 11.8. The number of hydrogen-bond acceptors (Lipinski definition) is 2. The molecular weight excluding hydrogens is 311 g/mol. The van der Waals surface area contributed by atoms with E-state index in [2.05, 4.69) is 25.4 Å². The zero-order valence-corrected chi connectivity index (χ0v) is 11.9. The number of rotatable bonds is 5. The van der Waals surface area contributed by atoms with Crippen LogP contribution in [0.4, 0.5) is 10.1 Å². The van der Waals surface area contributed by atoms with E-state index in [0.29, 0.717) is 12.2 Å². The van der Waals surface area contributed by atoms with Crippen molar-refractivity contribution in [2.45, 2.75) is 13.8 Å². The Balaban J connectivity index is 2.73. The topological polar surface area (TPSA) is 58.2 Å². The van der Waals surface area contributed by atoms with Crippen LogP contribution in [0.3, 0.4) is 0 Å². The van der Waals surface area contributed by atoms with Gasteiger partial charge >= 0.3 is 0 Å². The van der Waals surface area contributed by atoms with Crippen LogP contribution in [0.15, 0.2) is 22.7 Å². The lowest BCUT2D eigenvalue weighted by atomic mass is 10.2. The summed E-state index contributed by atoms with van der Waals surface area (Å²) in [4.78, 5) is 0. The van der Waals surface area contributed by atoms with Gasteiger partial charge in [0.25, 0.3) is 10.2 Å². The third-order valence-electron chi connectivity index (χ3n) is 1.85. The molecule has 0 aliphatic rings. The average Bonchev–Trinajstić information content (AvgIpc) is 2.21. The van der Waals surface area contributed by atoms with Gasteiger partial charge in [0.15, 0.2) is 0 Å². The number of hydrogen-bond donors (Lipinski definition) is 2. The molecule has 0 saturated carbocycles. The summed E-state index contributed by atoms with van der Waals surface area (Å²) in [6.07, 6.45) is 0. The highest BCUT2D eigenvalue weighted by Crippen LogP contribution is 2.20. The Labute approximate surface area is 109 Å². The molecule has 0 saturated heterocycles. The fourth-order valence-corrected chi connectivity index (χ4v) is 2.47. The van der Waals surface area contributed by atoms with E-state index in [-0.39, 0.29) is 10.4 Å². The minimum absolute atomic E-state index is 0.210. The van der Waals surface area contributed by atoms with Crippen molar-refractivity contribution in [3.05, 3.63) is 28.5 Å². The first-order valence-electron chi connectivity index (χ1n) is 5.02. The summed E-state index contributed by atoms with van der Waals surface area (Å²) >= 11 is 2.99. The molecule has 0 aliphatic carbocycles. The molecule has 0 aromatic heterocycles. The maximum Gasteiger partial charge on any atom is 0.299 e. The smallest absolute Gasteiger partial charge is 0.271 e. The van der Waals surface area contributed by atoms with Crippen molar-refractivity contribution in [3.63, 3.8) is 0 Å². The lowest BCUT2D eigenvalue weighted by Gasteiger charge is -2.11. The Bertz CT molecular complexity index is 491. The van der Waals surface area contributed by atoms with Crippen LogP contribution in [0, 0.1) is 11.7 Å². The molecule has 0 amide bonds. The van der Waals surface area contributed by atoms with Gasteiger partial charge in [0.1, 0.15) is 5.82 Å². The van der Waals surface area contributed by atoms with Crippen LogP contribution in [-0.2, 0) is 10.2 Å². The largest absolute Gasteiger partial charge is 0.299 e. The first-order chi connectivity index (χ1) is 7.80. The Morgan fingerprint density at radius 1 is 1.41 bits per heavy atom. The van der Waals surface area contributed by atoms with E-state index < -0.39 is 16.0 Å². The van der Waals surface area contributed by atoms with Crippen LogP contribution in [0.1, 0.15) is 13.8 Å². The van der Waals surface area contributed by atoms with E-state index >= 15 is 0 Å². The third-order valence-corrected chi connectivity index (χ3v) is 3.51. The van der Waals surface area contributed by atoms with Crippen molar-refractivity contribution in [1.82, 2.24) is 4.72 Å². The van der Waals surface area contributed by atoms with Crippen LogP contribution >= 0.6 is 15.9 Å². The Kier molecular flexibility index (Phi) is 4.91. The Hall–Kier alpha value is -0.660. The van der Waals surface area contributed by atoms with Gasteiger partial charge in [0.05, 0.1) is 10.2 Å². The van der Waals surface area contributed by atoms with Gasteiger partial charge in [-0.1, -0.05) is 13.8 Å². The van der Waals surface area contributed by atoms with Crippen LogP contribution in [0.5, 0.6) is 0 Å². The zero-order chi connectivity index (χ0) is 13.1. The van der Waals surface area contributed by atoms with Gasteiger partial charge in [-0.15, -0.1) is 0 Å². The van der Waals surface area contributed by atoms with E-state index in [1.54, 1.807) is 0 Å². The van der Waals surface area contributed by atoms with Gasteiger partial charge in [0.2, 0.25) is 0 Å². The molecule has 0 fully saturated rings. The summed E-state index contributed by atoms with van der Waals surface area (Å²) in [5.74, 6) is -0.227. The molecule has 96 valence electrons. The molecular formula is C10H14BrFN2O2S. The first-order valence-corrected chi connectivity index (χ1v) is 7.30. The first kappa shape index (κ1) is 14.4. The van der Waals surface area contributed by atoms with Crippen molar-refractivity contribution in [2.24, 2.45) is 5.92 Å².